The average molecular weight is 298 g/mol. The molecule has 0 amide bonds. The second-order valence-electron chi connectivity index (χ2n) is 4.89. The Balaban J connectivity index is 1.86. The number of nitrogens with zero attached hydrogens (tertiary/aromatic N) is 2. The third-order valence-corrected chi connectivity index (χ3v) is 3.38. The summed E-state index contributed by atoms with van der Waals surface area (Å²) in [7, 11) is 3.42. The van der Waals surface area contributed by atoms with E-state index >= 15 is 0 Å². The van der Waals surface area contributed by atoms with E-state index in [1.165, 1.54) is 5.56 Å². The van der Waals surface area contributed by atoms with E-state index in [4.69, 9.17) is 4.74 Å². The summed E-state index contributed by atoms with van der Waals surface area (Å²) in [6, 6.07) is 12.0. The van der Waals surface area contributed by atoms with E-state index in [9.17, 15) is 0 Å². The number of methoxy groups -OCH3 is 1. The highest BCUT2D eigenvalue weighted by molar-refractivity contribution is 5.79. The molecule has 0 fully saturated rings. The maximum Gasteiger partial charge on any atom is 0.191 e. The first-order chi connectivity index (χ1) is 10.7. The van der Waals surface area contributed by atoms with E-state index in [-0.39, 0.29) is 0 Å². The number of rotatable bonds is 5. The number of aliphatic imine (C=N–C) groups is 1. The van der Waals surface area contributed by atoms with Crippen molar-refractivity contribution in [2.24, 2.45) is 4.99 Å². The standard InChI is InChI=1S/C17H22N4O/c1-13-5-4-10-19-16(13)12-21-17(18-2)20-11-14-6-8-15(22-3)9-7-14/h4-10H,11-12H2,1-3H3,(H2,18,20,21). The predicted molar refractivity (Wildman–Crippen MR) is 89.0 cm³/mol. The summed E-state index contributed by atoms with van der Waals surface area (Å²) in [5.74, 6) is 1.61. The summed E-state index contributed by atoms with van der Waals surface area (Å²) in [5.41, 5.74) is 3.35. The van der Waals surface area contributed by atoms with Gasteiger partial charge in [0.2, 0.25) is 0 Å². The van der Waals surface area contributed by atoms with Gasteiger partial charge in [0, 0.05) is 19.8 Å². The molecule has 0 radical (unpaired) electrons. The fraction of sp³-hybridized carbons (Fsp3) is 0.294. The SMILES string of the molecule is CN=C(NCc1ccc(OC)cc1)NCc1ncccc1C. The van der Waals surface area contributed by atoms with Crippen LogP contribution in [0.15, 0.2) is 47.6 Å². The average Bonchev–Trinajstić information content (AvgIpc) is 2.57. The molecule has 5 nitrogen and oxygen atoms in total. The number of aryl methyl sites for hydroxylation is 1. The Morgan fingerprint density at radius 2 is 1.86 bits per heavy atom. The van der Waals surface area contributed by atoms with Gasteiger partial charge in [-0.15, -0.1) is 0 Å². The van der Waals surface area contributed by atoms with Crippen LogP contribution in [0.4, 0.5) is 0 Å². The highest BCUT2D eigenvalue weighted by Gasteiger charge is 2.02. The van der Waals surface area contributed by atoms with Crippen LogP contribution in [-0.2, 0) is 13.1 Å². The summed E-state index contributed by atoms with van der Waals surface area (Å²) in [6.45, 7) is 3.40. The zero-order valence-electron chi connectivity index (χ0n) is 13.3. The van der Waals surface area contributed by atoms with Gasteiger partial charge in [-0.1, -0.05) is 18.2 Å². The third kappa shape index (κ3) is 4.48. The Morgan fingerprint density at radius 1 is 1.14 bits per heavy atom. The number of aromatic nitrogens is 1. The summed E-state index contributed by atoms with van der Waals surface area (Å²) in [4.78, 5) is 8.59. The van der Waals surface area contributed by atoms with Gasteiger partial charge in [0.1, 0.15) is 5.75 Å². The smallest absolute Gasteiger partial charge is 0.191 e. The molecule has 0 atom stereocenters. The van der Waals surface area contributed by atoms with Gasteiger partial charge in [-0.3, -0.25) is 9.98 Å². The predicted octanol–water partition coefficient (Wildman–Crippen LogP) is 2.26. The fourth-order valence-electron chi connectivity index (χ4n) is 2.02. The van der Waals surface area contributed by atoms with Gasteiger partial charge >= 0.3 is 0 Å². The summed E-state index contributed by atoms with van der Waals surface area (Å²) < 4.78 is 5.15. The van der Waals surface area contributed by atoms with Crippen molar-refractivity contribution in [3.63, 3.8) is 0 Å². The number of nitrogens with one attached hydrogen (secondary N) is 2. The van der Waals surface area contributed by atoms with Crippen LogP contribution >= 0.6 is 0 Å². The maximum atomic E-state index is 5.15. The first-order valence-electron chi connectivity index (χ1n) is 7.21. The molecule has 2 N–H and O–H groups in total. The Hall–Kier alpha value is -2.56. The molecule has 0 aliphatic heterocycles. The summed E-state index contributed by atoms with van der Waals surface area (Å²) in [6.07, 6.45) is 1.80. The second kappa shape index (κ2) is 8.02. The van der Waals surface area contributed by atoms with Crippen LogP contribution in [0.25, 0.3) is 0 Å². The number of hydrogen-bond donors (Lipinski definition) is 2. The van der Waals surface area contributed by atoms with E-state index in [0.29, 0.717) is 13.1 Å². The molecule has 1 aromatic heterocycles. The minimum absolute atomic E-state index is 0.648. The molecule has 1 heterocycles. The number of benzene rings is 1. The van der Waals surface area contributed by atoms with Crippen molar-refractivity contribution in [1.29, 1.82) is 0 Å². The quantitative estimate of drug-likeness (QED) is 0.657. The topological polar surface area (TPSA) is 58.5 Å². The van der Waals surface area contributed by atoms with Gasteiger partial charge in [0.15, 0.2) is 5.96 Å². The molecule has 2 rings (SSSR count). The van der Waals surface area contributed by atoms with Crippen molar-refractivity contribution in [3.8, 4) is 5.75 Å². The van der Waals surface area contributed by atoms with Crippen LogP contribution in [0, 0.1) is 6.92 Å². The molecule has 0 aliphatic rings. The van der Waals surface area contributed by atoms with Crippen molar-refractivity contribution >= 4 is 5.96 Å². The van der Waals surface area contributed by atoms with Crippen LogP contribution in [0.3, 0.4) is 0 Å². The molecule has 2 aromatic rings. The molecule has 22 heavy (non-hydrogen) atoms. The Bertz CT molecular complexity index is 623. The van der Waals surface area contributed by atoms with E-state index in [1.807, 2.05) is 30.3 Å². The highest BCUT2D eigenvalue weighted by atomic mass is 16.5. The van der Waals surface area contributed by atoms with Crippen LogP contribution in [0.5, 0.6) is 5.75 Å². The minimum Gasteiger partial charge on any atom is -0.497 e. The molecule has 0 saturated carbocycles. The van der Waals surface area contributed by atoms with Crippen LogP contribution in [0.2, 0.25) is 0 Å². The van der Waals surface area contributed by atoms with Crippen LogP contribution in [-0.4, -0.2) is 25.1 Å². The first kappa shape index (κ1) is 15.8. The van der Waals surface area contributed by atoms with Gasteiger partial charge in [0.25, 0.3) is 0 Å². The molecule has 0 saturated heterocycles. The lowest BCUT2D eigenvalue weighted by Crippen LogP contribution is -2.36. The zero-order chi connectivity index (χ0) is 15.8. The maximum absolute atomic E-state index is 5.15. The third-order valence-electron chi connectivity index (χ3n) is 3.38. The Labute approximate surface area is 131 Å². The van der Waals surface area contributed by atoms with Gasteiger partial charge in [-0.2, -0.15) is 0 Å². The molecule has 116 valence electrons. The minimum atomic E-state index is 0.648. The molecule has 5 heteroatoms. The van der Waals surface area contributed by atoms with Crippen LogP contribution in [0.1, 0.15) is 16.8 Å². The van der Waals surface area contributed by atoms with E-state index < -0.39 is 0 Å². The normalized spacial score (nSPS) is 11.1. The Kier molecular flexibility index (Phi) is 5.77. The lowest BCUT2D eigenvalue weighted by molar-refractivity contribution is 0.414. The molecule has 0 spiro atoms. The monoisotopic (exact) mass is 298 g/mol. The highest BCUT2D eigenvalue weighted by Crippen LogP contribution is 2.10. The number of hydrogen-bond acceptors (Lipinski definition) is 3. The van der Waals surface area contributed by atoms with Gasteiger partial charge in [-0.05, 0) is 36.2 Å². The van der Waals surface area contributed by atoms with Gasteiger partial charge < -0.3 is 15.4 Å². The summed E-state index contributed by atoms with van der Waals surface area (Å²) in [5, 5.41) is 6.55. The van der Waals surface area contributed by atoms with Crippen molar-refractivity contribution < 1.29 is 4.74 Å². The lowest BCUT2D eigenvalue weighted by Gasteiger charge is -2.12. The van der Waals surface area contributed by atoms with E-state index in [2.05, 4.69) is 33.6 Å². The van der Waals surface area contributed by atoms with E-state index in [1.54, 1.807) is 20.4 Å². The Morgan fingerprint density at radius 3 is 2.50 bits per heavy atom. The van der Waals surface area contributed by atoms with Crippen molar-refractivity contribution in [2.75, 3.05) is 14.2 Å². The fourth-order valence-corrected chi connectivity index (χ4v) is 2.02. The molecule has 0 unspecified atom stereocenters. The molecular formula is C17H22N4O. The van der Waals surface area contributed by atoms with Crippen molar-refractivity contribution in [3.05, 3.63) is 59.4 Å². The number of ether oxygens (including phenoxy) is 1. The second-order valence-corrected chi connectivity index (χ2v) is 4.89. The summed E-state index contributed by atoms with van der Waals surface area (Å²) >= 11 is 0. The van der Waals surface area contributed by atoms with Crippen LogP contribution < -0.4 is 15.4 Å². The molecular weight excluding hydrogens is 276 g/mol. The molecule has 1 aromatic carbocycles. The van der Waals surface area contributed by atoms with Gasteiger partial charge in [0.05, 0.1) is 19.3 Å². The largest absolute Gasteiger partial charge is 0.497 e. The number of guanidine groups is 1. The molecule has 0 bridgehead atoms. The van der Waals surface area contributed by atoms with Crippen molar-refractivity contribution in [2.45, 2.75) is 20.0 Å². The first-order valence-corrected chi connectivity index (χ1v) is 7.21. The number of pyridine rings is 1. The zero-order valence-corrected chi connectivity index (χ0v) is 13.3. The lowest BCUT2D eigenvalue weighted by atomic mass is 10.2. The molecule has 0 aliphatic carbocycles. The van der Waals surface area contributed by atoms with Gasteiger partial charge in [-0.25, -0.2) is 0 Å². The van der Waals surface area contributed by atoms with Crippen molar-refractivity contribution in [1.82, 2.24) is 15.6 Å². The van der Waals surface area contributed by atoms with E-state index in [0.717, 1.165) is 23.0 Å².